The van der Waals surface area contributed by atoms with Crippen LogP contribution in [0.25, 0.3) is 0 Å². The van der Waals surface area contributed by atoms with Crippen LogP contribution < -0.4 is 15.4 Å². The SMILES string of the molecule is CC(C)OCc1ccc(CNC(=O)c2ccccc2OCC(=O)Nc2ccccc2F)cc1. The van der Waals surface area contributed by atoms with Gasteiger partial charge in [-0.2, -0.15) is 0 Å². The second-order valence-corrected chi connectivity index (χ2v) is 7.67. The molecule has 0 fully saturated rings. The summed E-state index contributed by atoms with van der Waals surface area (Å²) in [6, 6.07) is 20.3. The fourth-order valence-electron chi connectivity index (χ4n) is 2.97. The van der Waals surface area contributed by atoms with Crippen molar-refractivity contribution in [3.63, 3.8) is 0 Å². The molecule has 3 rings (SSSR count). The summed E-state index contributed by atoms with van der Waals surface area (Å²) in [5.74, 6) is -1.13. The maximum atomic E-state index is 13.7. The van der Waals surface area contributed by atoms with Gasteiger partial charge in [0.05, 0.1) is 24.0 Å². The predicted octanol–water partition coefficient (Wildman–Crippen LogP) is 4.70. The number of hydrogen-bond acceptors (Lipinski definition) is 4. The number of halogens is 1. The van der Waals surface area contributed by atoms with Crippen LogP contribution in [-0.2, 0) is 22.7 Å². The molecule has 6 nitrogen and oxygen atoms in total. The fourth-order valence-corrected chi connectivity index (χ4v) is 2.97. The molecule has 0 aromatic heterocycles. The molecule has 3 aromatic carbocycles. The van der Waals surface area contributed by atoms with E-state index in [-0.39, 0.29) is 30.1 Å². The minimum absolute atomic E-state index is 0.0684. The van der Waals surface area contributed by atoms with E-state index in [1.165, 1.54) is 18.2 Å². The highest BCUT2D eigenvalue weighted by Crippen LogP contribution is 2.19. The lowest BCUT2D eigenvalue weighted by atomic mass is 10.1. The molecule has 0 saturated carbocycles. The topological polar surface area (TPSA) is 76.7 Å². The standard InChI is InChI=1S/C26H27FN2O4/c1-18(2)32-16-20-13-11-19(12-14-20)15-28-26(31)21-7-3-6-10-24(21)33-17-25(30)29-23-9-5-4-8-22(23)27/h3-14,18H,15-17H2,1-2H3,(H,28,31)(H,29,30). The highest BCUT2D eigenvalue weighted by molar-refractivity contribution is 5.97. The minimum Gasteiger partial charge on any atom is -0.483 e. The average molecular weight is 451 g/mol. The minimum atomic E-state index is -0.536. The Morgan fingerprint density at radius 2 is 1.58 bits per heavy atom. The largest absolute Gasteiger partial charge is 0.483 e. The van der Waals surface area contributed by atoms with Gasteiger partial charge < -0.3 is 20.1 Å². The molecule has 0 aliphatic heterocycles. The van der Waals surface area contributed by atoms with E-state index in [0.717, 1.165) is 11.1 Å². The van der Waals surface area contributed by atoms with Crippen molar-refractivity contribution in [2.45, 2.75) is 33.1 Å². The first-order valence-electron chi connectivity index (χ1n) is 10.7. The summed E-state index contributed by atoms with van der Waals surface area (Å²) in [4.78, 5) is 24.8. The van der Waals surface area contributed by atoms with Crippen LogP contribution in [0, 0.1) is 5.82 Å². The first-order chi connectivity index (χ1) is 15.9. The van der Waals surface area contributed by atoms with Gasteiger partial charge in [0.25, 0.3) is 11.8 Å². The molecule has 2 N–H and O–H groups in total. The van der Waals surface area contributed by atoms with Gasteiger partial charge >= 0.3 is 0 Å². The molecular formula is C26H27FN2O4. The van der Waals surface area contributed by atoms with Gasteiger partial charge in [-0.1, -0.05) is 48.5 Å². The van der Waals surface area contributed by atoms with Crippen molar-refractivity contribution in [2.75, 3.05) is 11.9 Å². The van der Waals surface area contributed by atoms with Crippen LogP contribution in [-0.4, -0.2) is 24.5 Å². The van der Waals surface area contributed by atoms with Crippen molar-refractivity contribution in [1.82, 2.24) is 5.32 Å². The fraction of sp³-hybridized carbons (Fsp3) is 0.231. The Labute approximate surface area is 192 Å². The van der Waals surface area contributed by atoms with Gasteiger partial charge in [0.2, 0.25) is 0 Å². The second-order valence-electron chi connectivity index (χ2n) is 7.67. The third-order valence-corrected chi connectivity index (χ3v) is 4.70. The molecule has 0 bridgehead atoms. The molecule has 0 aliphatic carbocycles. The number of rotatable bonds is 10. The Morgan fingerprint density at radius 3 is 2.30 bits per heavy atom. The van der Waals surface area contributed by atoms with E-state index in [1.807, 2.05) is 38.1 Å². The number of anilines is 1. The lowest BCUT2D eigenvalue weighted by Crippen LogP contribution is -2.25. The lowest BCUT2D eigenvalue weighted by Gasteiger charge is -2.12. The zero-order valence-electron chi connectivity index (χ0n) is 18.6. The number of hydrogen-bond donors (Lipinski definition) is 2. The molecule has 0 spiro atoms. The lowest BCUT2D eigenvalue weighted by molar-refractivity contribution is -0.118. The molecule has 0 radical (unpaired) electrons. The van der Waals surface area contributed by atoms with Crippen LogP contribution in [0.3, 0.4) is 0 Å². The maximum absolute atomic E-state index is 13.7. The van der Waals surface area contributed by atoms with Crippen molar-refractivity contribution >= 4 is 17.5 Å². The summed E-state index contributed by atoms with van der Waals surface area (Å²) >= 11 is 0. The molecule has 33 heavy (non-hydrogen) atoms. The van der Waals surface area contributed by atoms with Gasteiger partial charge in [0, 0.05) is 6.54 Å². The Balaban J connectivity index is 1.54. The van der Waals surface area contributed by atoms with E-state index in [0.29, 0.717) is 18.7 Å². The molecule has 2 amide bonds. The Bertz CT molecular complexity index is 1080. The number of carbonyl (C=O) groups is 2. The first-order valence-corrected chi connectivity index (χ1v) is 10.7. The van der Waals surface area contributed by atoms with Crippen LogP contribution in [0.1, 0.15) is 35.3 Å². The van der Waals surface area contributed by atoms with E-state index in [2.05, 4.69) is 10.6 Å². The molecule has 7 heteroatoms. The van der Waals surface area contributed by atoms with Crippen LogP contribution in [0.5, 0.6) is 5.75 Å². The summed E-state index contributed by atoms with van der Waals surface area (Å²) in [7, 11) is 0. The van der Waals surface area contributed by atoms with Crippen molar-refractivity contribution in [2.24, 2.45) is 0 Å². The number of amides is 2. The summed E-state index contributed by atoms with van der Waals surface area (Å²) in [5, 5.41) is 5.31. The zero-order chi connectivity index (χ0) is 23.6. The molecule has 0 saturated heterocycles. The van der Waals surface area contributed by atoms with Crippen molar-refractivity contribution < 1.29 is 23.5 Å². The van der Waals surface area contributed by atoms with Crippen LogP contribution in [0.2, 0.25) is 0 Å². The average Bonchev–Trinajstić information content (AvgIpc) is 2.82. The Kier molecular flexibility index (Phi) is 8.55. The van der Waals surface area contributed by atoms with E-state index in [9.17, 15) is 14.0 Å². The van der Waals surface area contributed by atoms with Gasteiger partial charge in [0.1, 0.15) is 11.6 Å². The zero-order valence-corrected chi connectivity index (χ0v) is 18.6. The molecular weight excluding hydrogens is 423 g/mol. The Morgan fingerprint density at radius 1 is 0.909 bits per heavy atom. The third kappa shape index (κ3) is 7.43. The maximum Gasteiger partial charge on any atom is 0.262 e. The van der Waals surface area contributed by atoms with Gasteiger partial charge in [-0.05, 0) is 49.2 Å². The van der Waals surface area contributed by atoms with Gasteiger partial charge in [0.15, 0.2) is 6.61 Å². The Hall–Kier alpha value is -3.71. The number of ether oxygens (including phenoxy) is 2. The molecule has 0 atom stereocenters. The van der Waals surface area contributed by atoms with E-state index in [1.54, 1.807) is 30.3 Å². The van der Waals surface area contributed by atoms with Crippen LogP contribution >= 0.6 is 0 Å². The van der Waals surface area contributed by atoms with E-state index >= 15 is 0 Å². The highest BCUT2D eigenvalue weighted by atomic mass is 19.1. The normalized spacial score (nSPS) is 10.7. The van der Waals surface area contributed by atoms with E-state index < -0.39 is 11.7 Å². The smallest absolute Gasteiger partial charge is 0.262 e. The summed E-state index contributed by atoms with van der Waals surface area (Å²) in [6.45, 7) is 4.49. The van der Waals surface area contributed by atoms with Crippen LogP contribution in [0.4, 0.5) is 10.1 Å². The number of benzene rings is 3. The second kappa shape index (κ2) is 11.8. The third-order valence-electron chi connectivity index (χ3n) is 4.70. The molecule has 0 heterocycles. The van der Waals surface area contributed by atoms with Gasteiger partial charge in [-0.25, -0.2) is 4.39 Å². The number of carbonyl (C=O) groups excluding carboxylic acids is 2. The van der Waals surface area contributed by atoms with Crippen molar-refractivity contribution in [1.29, 1.82) is 0 Å². The predicted molar refractivity (Wildman–Crippen MR) is 125 cm³/mol. The summed E-state index contributed by atoms with van der Waals surface area (Å²) < 4.78 is 24.8. The van der Waals surface area contributed by atoms with Crippen LogP contribution in [0.15, 0.2) is 72.8 Å². The number of nitrogens with one attached hydrogen (secondary N) is 2. The van der Waals surface area contributed by atoms with Crippen molar-refractivity contribution in [3.8, 4) is 5.75 Å². The van der Waals surface area contributed by atoms with Gasteiger partial charge in [-0.3, -0.25) is 9.59 Å². The number of para-hydroxylation sites is 2. The molecule has 172 valence electrons. The quantitative estimate of drug-likeness (QED) is 0.470. The first kappa shape index (κ1) is 23.9. The van der Waals surface area contributed by atoms with E-state index in [4.69, 9.17) is 9.47 Å². The van der Waals surface area contributed by atoms with Crippen molar-refractivity contribution in [3.05, 3.63) is 95.3 Å². The molecule has 0 aliphatic rings. The summed E-state index contributed by atoms with van der Waals surface area (Å²) in [5.41, 5.74) is 2.38. The summed E-state index contributed by atoms with van der Waals surface area (Å²) in [6.07, 6.45) is 0.164. The van der Waals surface area contributed by atoms with Gasteiger partial charge in [-0.15, -0.1) is 0 Å². The highest BCUT2D eigenvalue weighted by Gasteiger charge is 2.14. The molecule has 3 aromatic rings. The monoisotopic (exact) mass is 450 g/mol. The molecule has 0 unspecified atom stereocenters.